The SMILES string of the molecule is O=C1NCCOCCCCC2(CCN(C(=O)c3ccc4cc[nH]c4c3)CC2)COc2ccccc21. The molecule has 0 bridgehead atoms. The van der Waals surface area contributed by atoms with E-state index in [0.717, 1.165) is 48.6 Å². The normalized spacial score (nSPS) is 19.4. The Balaban J connectivity index is 1.29. The van der Waals surface area contributed by atoms with Crippen LogP contribution < -0.4 is 10.1 Å². The predicted octanol–water partition coefficient (Wildman–Crippen LogP) is 4.40. The van der Waals surface area contributed by atoms with Crippen molar-refractivity contribution in [3.8, 4) is 5.75 Å². The number of carbonyl (C=O) groups is 2. The van der Waals surface area contributed by atoms with Gasteiger partial charge in [0.25, 0.3) is 11.8 Å². The number of nitrogens with one attached hydrogen (secondary N) is 2. The van der Waals surface area contributed by atoms with E-state index >= 15 is 0 Å². The molecule has 1 aromatic heterocycles. The monoisotopic (exact) mass is 475 g/mol. The van der Waals surface area contributed by atoms with E-state index in [2.05, 4.69) is 10.3 Å². The summed E-state index contributed by atoms with van der Waals surface area (Å²) in [5.41, 5.74) is 2.21. The maximum atomic E-state index is 13.2. The van der Waals surface area contributed by atoms with Crippen LogP contribution in [0.2, 0.25) is 0 Å². The van der Waals surface area contributed by atoms with E-state index in [1.165, 1.54) is 0 Å². The molecule has 1 saturated heterocycles. The summed E-state index contributed by atoms with van der Waals surface area (Å²) in [4.78, 5) is 31.1. The van der Waals surface area contributed by atoms with Gasteiger partial charge < -0.3 is 24.7 Å². The Labute approximate surface area is 205 Å². The number of benzene rings is 2. The number of hydrogen-bond acceptors (Lipinski definition) is 4. The minimum absolute atomic E-state index is 0.0338. The van der Waals surface area contributed by atoms with Crippen LogP contribution in [0.3, 0.4) is 0 Å². The van der Waals surface area contributed by atoms with Gasteiger partial charge in [-0.05, 0) is 61.4 Å². The van der Waals surface area contributed by atoms with Crippen LogP contribution in [0.15, 0.2) is 54.7 Å². The van der Waals surface area contributed by atoms with Gasteiger partial charge in [-0.2, -0.15) is 0 Å². The van der Waals surface area contributed by atoms with Gasteiger partial charge in [0.2, 0.25) is 0 Å². The first kappa shape index (κ1) is 23.4. The van der Waals surface area contributed by atoms with Crippen LogP contribution in [0, 0.1) is 5.41 Å². The highest BCUT2D eigenvalue weighted by atomic mass is 16.5. The Morgan fingerprint density at radius 3 is 2.71 bits per heavy atom. The summed E-state index contributed by atoms with van der Waals surface area (Å²) in [6.07, 6.45) is 6.68. The maximum absolute atomic E-state index is 13.2. The number of aromatic amines is 1. The minimum Gasteiger partial charge on any atom is -0.492 e. The largest absolute Gasteiger partial charge is 0.492 e. The van der Waals surface area contributed by atoms with E-state index in [4.69, 9.17) is 9.47 Å². The Hall–Kier alpha value is -3.32. The number of piperidine rings is 1. The molecule has 7 heteroatoms. The number of fused-ring (bicyclic) bond motifs is 2. The summed E-state index contributed by atoms with van der Waals surface area (Å²) >= 11 is 0. The highest BCUT2D eigenvalue weighted by molar-refractivity contribution is 5.98. The second kappa shape index (κ2) is 10.5. The van der Waals surface area contributed by atoms with Gasteiger partial charge in [-0.1, -0.05) is 24.6 Å². The van der Waals surface area contributed by atoms with E-state index < -0.39 is 0 Å². The van der Waals surface area contributed by atoms with Crippen LogP contribution in [0.4, 0.5) is 0 Å². The number of likely N-dealkylation sites (tertiary alicyclic amines) is 1. The average Bonchev–Trinajstić information content (AvgIpc) is 3.37. The van der Waals surface area contributed by atoms with E-state index in [9.17, 15) is 9.59 Å². The zero-order chi connectivity index (χ0) is 24.1. The molecular formula is C28H33N3O4. The van der Waals surface area contributed by atoms with Crippen LogP contribution in [-0.4, -0.2) is 61.2 Å². The number of hydrogen-bond donors (Lipinski definition) is 2. The van der Waals surface area contributed by atoms with Gasteiger partial charge in [-0.25, -0.2) is 0 Å². The fourth-order valence-corrected chi connectivity index (χ4v) is 5.16. The molecule has 184 valence electrons. The number of ether oxygens (including phenoxy) is 2. The van der Waals surface area contributed by atoms with Crippen molar-refractivity contribution in [3.05, 3.63) is 65.9 Å². The number of H-pyrrole nitrogens is 1. The number of aromatic nitrogens is 1. The average molecular weight is 476 g/mol. The van der Waals surface area contributed by atoms with Gasteiger partial charge in [-0.3, -0.25) is 9.59 Å². The molecule has 5 rings (SSSR count). The second-order valence-corrected chi connectivity index (χ2v) is 9.68. The number of para-hydroxylation sites is 1. The molecular weight excluding hydrogens is 442 g/mol. The molecule has 0 aliphatic carbocycles. The highest BCUT2D eigenvalue weighted by Crippen LogP contribution is 2.38. The lowest BCUT2D eigenvalue weighted by molar-refractivity contribution is 0.0341. The lowest BCUT2D eigenvalue weighted by Gasteiger charge is -2.42. The van der Waals surface area contributed by atoms with Crippen molar-refractivity contribution in [2.24, 2.45) is 5.41 Å². The molecule has 35 heavy (non-hydrogen) atoms. The lowest BCUT2D eigenvalue weighted by atomic mass is 9.75. The maximum Gasteiger partial charge on any atom is 0.255 e. The Kier molecular flexibility index (Phi) is 7.04. The number of carbonyl (C=O) groups excluding carboxylic acids is 2. The predicted molar refractivity (Wildman–Crippen MR) is 135 cm³/mol. The van der Waals surface area contributed by atoms with Crippen LogP contribution in [0.5, 0.6) is 5.75 Å². The van der Waals surface area contributed by atoms with Gasteiger partial charge >= 0.3 is 0 Å². The third-order valence-corrected chi connectivity index (χ3v) is 7.36. The molecule has 0 atom stereocenters. The van der Waals surface area contributed by atoms with Crippen molar-refractivity contribution in [3.63, 3.8) is 0 Å². The molecule has 2 N–H and O–H groups in total. The van der Waals surface area contributed by atoms with E-state index in [1.807, 2.05) is 53.6 Å². The van der Waals surface area contributed by atoms with Crippen molar-refractivity contribution in [1.82, 2.24) is 15.2 Å². The van der Waals surface area contributed by atoms with Gasteiger partial charge in [0.15, 0.2) is 0 Å². The first-order valence-corrected chi connectivity index (χ1v) is 12.6. The zero-order valence-electron chi connectivity index (χ0n) is 20.1. The Bertz CT molecular complexity index is 1180. The molecule has 2 amide bonds. The van der Waals surface area contributed by atoms with Gasteiger partial charge in [0, 0.05) is 48.9 Å². The standard InChI is InChI=1S/C28H33N3O4/c32-26-23-5-1-2-6-25(23)35-20-28(10-3-4-17-34-18-14-30-26)11-15-31(16-12-28)27(33)22-8-7-21-9-13-29-24(21)19-22/h1-2,5-9,13,19,29H,3-4,10-12,14-18,20H2,(H,30,32). The smallest absolute Gasteiger partial charge is 0.255 e. The van der Waals surface area contributed by atoms with Crippen LogP contribution in [-0.2, 0) is 4.74 Å². The third-order valence-electron chi connectivity index (χ3n) is 7.36. The summed E-state index contributed by atoms with van der Waals surface area (Å²) in [6.45, 7) is 3.61. The second-order valence-electron chi connectivity index (χ2n) is 9.68. The lowest BCUT2D eigenvalue weighted by Crippen LogP contribution is -2.45. The summed E-state index contributed by atoms with van der Waals surface area (Å²) in [5.74, 6) is 0.545. The number of nitrogens with zero attached hydrogens (tertiary/aromatic N) is 1. The third kappa shape index (κ3) is 5.35. The summed E-state index contributed by atoms with van der Waals surface area (Å²) < 4.78 is 12.0. The minimum atomic E-state index is -0.144. The quantitative estimate of drug-likeness (QED) is 0.547. The summed E-state index contributed by atoms with van der Waals surface area (Å²) in [6, 6.07) is 15.3. The molecule has 2 aromatic carbocycles. The summed E-state index contributed by atoms with van der Waals surface area (Å²) in [5, 5.41) is 4.02. The van der Waals surface area contributed by atoms with Gasteiger partial charge in [0.05, 0.1) is 18.8 Å². The topological polar surface area (TPSA) is 83.7 Å². The molecule has 0 radical (unpaired) electrons. The number of rotatable bonds is 1. The van der Waals surface area contributed by atoms with E-state index in [1.54, 1.807) is 6.07 Å². The van der Waals surface area contributed by atoms with Crippen molar-refractivity contribution >= 4 is 22.7 Å². The molecule has 7 nitrogen and oxygen atoms in total. The first-order chi connectivity index (χ1) is 17.1. The molecule has 0 saturated carbocycles. The highest BCUT2D eigenvalue weighted by Gasteiger charge is 2.37. The van der Waals surface area contributed by atoms with Crippen molar-refractivity contribution in [2.75, 3.05) is 39.5 Å². The molecule has 3 heterocycles. The van der Waals surface area contributed by atoms with E-state index in [-0.39, 0.29) is 17.2 Å². The molecule has 2 aliphatic rings. The van der Waals surface area contributed by atoms with Gasteiger partial charge in [0.1, 0.15) is 5.75 Å². The van der Waals surface area contributed by atoms with Crippen LogP contribution in [0.25, 0.3) is 10.9 Å². The molecule has 3 aromatic rings. The number of amides is 2. The molecule has 2 aliphatic heterocycles. The van der Waals surface area contributed by atoms with Gasteiger partial charge in [-0.15, -0.1) is 0 Å². The Morgan fingerprint density at radius 1 is 0.971 bits per heavy atom. The molecule has 1 fully saturated rings. The molecule has 0 unspecified atom stereocenters. The van der Waals surface area contributed by atoms with E-state index in [0.29, 0.717) is 50.8 Å². The summed E-state index contributed by atoms with van der Waals surface area (Å²) in [7, 11) is 0. The van der Waals surface area contributed by atoms with Crippen molar-refractivity contribution in [1.29, 1.82) is 0 Å². The first-order valence-electron chi connectivity index (χ1n) is 12.6. The van der Waals surface area contributed by atoms with Crippen LogP contribution >= 0.6 is 0 Å². The van der Waals surface area contributed by atoms with Crippen molar-refractivity contribution < 1.29 is 19.1 Å². The Morgan fingerprint density at radius 2 is 1.83 bits per heavy atom. The van der Waals surface area contributed by atoms with Crippen molar-refractivity contribution in [2.45, 2.75) is 32.1 Å². The van der Waals surface area contributed by atoms with Crippen LogP contribution in [0.1, 0.15) is 52.8 Å². The zero-order valence-corrected chi connectivity index (χ0v) is 20.1. The fraction of sp³-hybridized carbons (Fsp3) is 0.429. The molecule has 1 spiro atoms. The fourth-order valence-electron chi connectivity index (χ4n) is 5.16.